The number of ketones is 1. The Morgan fingerprint density at radius 1 is 0.887 bits per heavy atom. The third kappa shape index (κ3) is 25.0. The van der Waals surface area contributed by atoms with Crippen LogP contribution in [0.2, 0.25) is 0 Å². The third-order valence-electron chi connectivity index (χ3n) is 9.40. The zero-order valence-electron chi connectivity index (χ0n) is 33.4. The molecule has 1 saturated carbocycles. The Labute approximate surface area is 320 Å². The average molecular weight is 770 g/mol. The van der Waals surface area contributed by atoms with Crippen molar-refractivity contribution in [2.24, 2.45) is 11.8 Å². The van der Waals surface area contributed by atoms with Crippen molar-refractivity contribution in [1.29, 1.82) is 0 Å². The monoisotopic (exact) mass is 770 g/mol. The van der Waals surface area contributed by atoms with Gasteiger partial charge in [0.05, 0.1) is 52.1 Å². The van der Waals surface area contributed by atoms with Crippen LogP contribution in [-0.2, 0) is 23.2 Å². The third-order valence-corrected chi connectivity index (χ3v) is 10.4. The molecular formula is C41H74N2O9P+. The number of carbonyl (C=O) groups is 2. The standard InChI is InChI=1S/C41H73N2O9P/c1-6-8-10-11-12-13-14-15-16-17-22-26-38(45)37(33-52-53(49,50)51-31-30-43(3,4)5)42-41(48)27-23-19-18-21-25-35-36(40(47)32-39(35)46)29-28-34(44)24-20-9-7-2/h14-15,18,21-22,26,28-29,34-39,44-46H,6-13,16-17,19-20,23-25,27,30-33H2,1-5H3,(H-,42,48,49,50)/p+1/b15-14-,21-18-,26-22+,29-28+/t34-,35+,36+,37-,38+,39-/m0/s1. The number of allylic oxidation sites excluding steroid dienone is 6. The fraction of sp³-hybridized carbons (Fsp3) is 0.756. The summed E-state index contributed by atoms with van der Waals surface area (Å²) >= 11 is 0. The molecule has 1 amide bonds. The van der Waals surface area contributed by atoms with Crippen molar-refractivity contribution < 1.29 is 47.9 Å². The molecule has 0 saturated heterocycles. The van der Waals surface area contributed by atoms with E-state index in [-0.39, 0.29) is 37.1 Å². The van der Waals surface area contributed by atoms with Crippen molar-refractivity contribution in [3.63, 3.8) is 0 Å². The predicted octanol–water partition coefficient (Wildman–Crippen LogP) is 7.11. The van der Waals surface area contributed by atoms with Crippen LogP contribution in [0, 0.1) is 11.8 Å². The fourth-order valence-corrected chi connectivity index (χ4v) is 6.77. The van der Waals surface area contributed by atoms with Gasteiger partial charge in [0.1, 0.15) is 18.9 Å². The van der Waals surface area contributed by atoms with Crippen LogP contribution in [0.25, 0.3) is 0 Å². The van der Waals surface area contributed by atoms with Crippen LogP contribution in [-0.4, -0.2) is 102 Å². The maximum Gasteiger partial charge on any atom is 0.472 e. The van der Waals surface area contributed by atoms with Gasteiger partial charge in [-0.25, -0.2) is 4.57 Å². The summed E-state index contributed by atoms with van der Waals surface area (Å²) in [6, 6.07) is -0.966. The molecule has 1 fully saturated rings. The molecule has 1 rings (SSSR count). The molecule has 0 aliphatic heterocycles. The number of Topliss-reactive ketones (excluding diaryl/α,β-unsaturated/α-hetero) is 1. The Hall–Kier alpha value is -1.95. The van der Waals surface area contributed by atoms with Crippen LogP contribution in [0.5, 0.6) is 0 Å². The first kappa shape index (κ1) is 49.1. The minimum Gasteiger partial charge on any atom is -0.392 e. The summed E-state index contributed by atoms with van der Waals surface area (Å²) in [5, 5.41) is 34.4. The van der Waals surface area contributed by atoms with E-state index >= 15 is 0 Å². The first-order valence-electron chi connectivity index (χ1n) is 20.1. The predicted molar refractivity (Wildman–Crippen MR) is 213 cm³/mol. The normalized spacial score (nSPS) is 21.3. The SMILES string of the molecule is CCCCCCC/C=C\CC/C=C/[C@@H](O)[C@H](COP(=O)(O)OCC[N+](C)(C)C)NC(=O)CCC/C=C\C[C@H]1[C@@H](O)CC(=O)[C@@H]1/C=C/[C@@H](O)CCCCC. The van der Waals surface area contributed by atoms with E-state index in [4.69, 9.17) is 9.05 Å². The van der Waals surface area contributed by atoms with E-state index in [1.165, 1.54) is 32.1 Å². The minimum absolute atomic E-state index is 0.00611. The van der Waals surface area contributed by atoms with Gasteiger partial charge in [0, 0.05) is 24.7 Å². The number of rotatable bonds is 31. The van der Waals surface area contributed by atoms with Crippen LogP contribution < -0.4 is 5.32 Å². The number of aliphatic hydroxyl groups excluding tert-OH is 3. The summed E-state index contributed by atoms with van der Waals surface area (Å²) in [4.78, 5) is 35.6. The van der Waals surface area contributed by atoms with Crippen molar-refractivity contribution in [2.75, 3.05) is 40.9 Å². The highest BCUT2D eigenvalue weighted by atomic mass is 31.2. The van der Waals surface area contributed by atoms with E-state index in [1.807, 2.05) is 39.4 Å². The van der Waals surface area contributed by atoms with Gasteiger partial charge in [-0.2, -0.15) is 0 Å². The maximum absolute atomic E-state index is 12.9. The van der Waals surface area contributed by atoms with Gasteiger partial charge in [0.15, 0.2) is 0 Å². The molecule has 1 unspecified atom stereocenters. The summed E-state index contributed by atoms with van der Waals surface area (Å²) in [7, 11) is 1.38. The second kappa shape index (κ2) is 28.5. The highest BCUT2D eigenvalue weighted by Crippen LogP contribution is 2.43. The largest absolute Gasteiger partial charge is 0.472 e. The lowest BCUT2D eigenvalue weighted by Gasteiger charge is -2.25. The number of carbonyl (C=O) groups excluding carboxylic acids is 2. The van der Waals surface area contributed by atoms with E-state index in [1.54, 1.807) is 18.2 Å². The van der Waals surface area contributed by atoms with E-state index in [9.17, 15) is 34.4 Å². The second-order valence-electron chi connectivity index (χ2n) is 15.4. The van der Waals surface area contributed by atoms with Crippen LogP contribution in [0.1, 0.15) is 123 Å². The lowest BCUT2D eigenvalue weighted by molar-refractivity contribution is -0.870. The van der Waals surface area contributed by atoms with Gasteiger partial charge in [-0.3, -0.25) is 18.6 Å². The topological polar surface area (TPSA) is 163 Å². The van der Waals surface area contributed by atoms with E-state index < -0.39 is 44.7 Å². The average Bonchev–Trinajstić information content (AvgIpc) is 3.36. The second-order valence-corrected chi connectivity index (χ2v) is 16.9. The molecular weight excluding hydrogens is 695 g/mol. The number of nitrogens with zero attached hydrogens (tertiary/aromatic N) is 1. The number of phosphoric ester groups is 1. The number of hydrogen-bond donors (Lipinski definition) is 5. The number of hydrogen-bond acceptors (Lipinski definition) is 8. The molecule has 1 aliphatic carbocycles. The first-order chi connectivity index (χ1) is 25.2. The molecule has 53 heavy (non-hydrogen) atoms. The van der Waals surface area contributed by atoms with Gasteiger partial charge in [0.2, 0.25) is 5.91 Å². The van der Waals surface area contributed by atoms with E-state index in [0.717, 1.165) is 32.1 Å². The molecule has 0 aromatic carbocycles. The van der Waals surface area contributed by atoms with Crippen molar-refractivity contribution in [3.05, 3.63) is 48.6 Å². The quantitative estimate of drug-likeness (QED) is 0.0214. The Morgan fingerprint density at radius 2 is 1.53 bits per heavy atom. The number of nitrogens with one attached hydrogen (secondary N) is 1. The Morgan fingerprint density at radius 3 is 2.25 bits per heavy atom. The smallest absolute Gasteiger partial charge is 0.392 e. The summed E-state index contributed by atoms with van der Waals surface area (Å²) in [5.41, 5.74) is 0. The van der Waals surface area contributed by atoms with Gasteiger partial charge >= 0.3 is 7.82 Å². The molecule has 0 aromatic heterocycles. The molecule has 0 spiro atoms. The number of likely N-dealkylation sites (N-methyl/N-ethyl adjacent to an activating group) is 1. The Kier molecular flexibility index (Phi) is 26.3. The van der Waals surface area contributed by atoms with Gasteiger partial charge < -0.3 is 30.0 Å². The molecule has 0 aromatic rings. The van der Waals surface area contributed by atoms with Crippen LogP contribution >= 0.6 is 7.82 Å². The maximum atomic E-state index is 12.9. The highest BCUT2D eigenvalue weighted by molar-refractivity contribution is 7.47. The van der Waals surface area contributed by atoms with Crippen molar-refractivity contribution in [2.45, 2.75) is 147 Å². The lowest BCUT2D eigenvalue weighted by atomic mass is 9.90. The Bertz CT molecular complexity index is 1170. The molecule has 5 N–H and O–H groups in total. The van der Waals surface area contributed by atoms with Crippen LogP contribution in [0.3, 0.4) is 0 Å². The van der Waals surface area contributed by atoms with E-state index in [2.05, 4.69) is 31.3 Å². The molecule has 11 nitrogen and oxygen atoms in total. The molecule has 306 valence electrons. The number of aliphatic hydroxyl groups is 3. The van der Waals surface area contributed by atoms with Gasteiger partial charge in [-0.15, -0.1) is 0 Å². The van der Waals surface area contributed by atoms with Crippen molar-refractivity contribution in [1.82, 2.24) is 5.32 Å². The summed E-state index contributed by atoms with van der Waals surface area (Å²) in [6.07, 6.45) is 26.9. The molecule has 7 atom stereocenters. The number of phosphoric acid groups is 1. The number of amides is 1. The number of quaternary nitrogens is 1. The lowest BCUT2D eigenvalue weighted by Crippen LogP contribution is -2.45. The molecule has 0 heterocycles. The summed E-state index contributed by atoms with van der Waals surface area (Å²) in [5.74, 6) is -1.04. The minimum atomic E-state index is -4.41. The fourth-order valence-electron chi connectivity index (χ4n) is 6.03. The number of unbranched alkanes of at least 4 members (excludes halogenated alkanes) is 9. The summed E-state index contributed by atoms with van der Waals surface area (Å²) in [6.45, 7) is 4.39. The molecule has 0 radical (unpaired) electrons. The molecule has 0 bridgehead atoms. The molecule has 12 heteroatoms. The zero-order valence-corrected chi connectivity index (χ0v) is 34.3. The van der Waals surface area contributed by atoms with E-state index in [0.29, 0.717) is 43.1 Å². The van der Waals surface area contributed by atoms with Crippen molar-refractivity contribution in [3.8, 4) is 0 Å². The summed E-state index contributed by atoms with van der Waals surface area (Å²) < 4.78 is 23.4. The van der Waals surface area contributed by atoms with Gasteiger partial charge in [-0.1, -0.05) is 107 Å². The van der Waals surface area contributed by atoms with Gasteiger partial charge in [0.25, 0.3) is 0 Å². The highest BCUT2D eigenvalue weighted by Gasteiger charge is 2.39. The Balaban J connectivity index is 2.66. The van der Waals surface area contributed by atoms with Crippen molar-refractivity contribution >= 4 is 19.5 Å². The first-order valence-corrected chi connectivity index (χ1v) is 21.6. The van der Waals surface area contributed by atoms with Gasteiger partial charge in [-0.05, 0) is 51.4 Å². The van der Waals surface area contributed by atoms with Crippen LogP contribution in [0.15, 0.2) is 48.6 Å². The van der Waals surface area contributed by atoms with Crippen LogP contribution in [0.4, 0.5) is 0 Å². The zero-order chi connectivity index (χ0) is 39.5. The molecule has 1 aliphatic rings.